The van der Waals surface area contributed by atoms with E-state index in [0.717, 1.165) is 5.56 Å². The Bertz CT molecular complexity index is 551. The van der Waals surface area contributed by atoms with Gasteiger partial charge in [0, 0.05) is 19.0 Å². The maximum Gasteiger partial charge on any atom is 0.243 e. The van der Waals surface area contributed by atoms with E-state index in [1.54, 1.807) is 30.3 Å². The first kappa shape index (κ1) is 14.2. The van der Waals surface area contributed by atoms with E-state index in [4.69, 9.17) is 0 Å². The van der Waals surface area contributed by atoms with Gasteiger partial charge in [-0.1, -0.05) is 23.8 Å². The summed E-state index contributed by atoms with van der Waals surface area (Å²) >= 11 is 0. The van der Waals surface area contributed by atoms with Crippen molar-refractivity contribution in [3.8, 4) is 0 Å². The molecule has 104 valence electrons. The van der Waals surface area contributed by atoms with Gasteiger partial charge in [-0.3, -0.25) is 0 Å². The summed E-state index contributed by atoms with van der Waals surface area (Å²) in [5.41, 5.74) is 1.02. The predicted octanol–water partition coefficient (Wildman–Crippen LogP) is 1.55. The van der Waals surface area contributed by atoms with E-state index >= 15 is 0 Å². The summed E-state index contributed by atoms with van der Waals surface area (Å²) in [7, 11) is -3.47. The zero-order valence-corrected chi connectivity index (χ0v) is 11.8. The van der Waals surface area contributed by atoms with E-state index in [0.29, 0.717) is 24.4 Å². The Hall–Kier alpha value is -1.17. The number of aliphatic hydroxyl groups excluding tert-OH is 1. The lowest BCUT2D eigenvalue weighted by Crippen LogP contribution is -2.45. The lowest BCUT2D eigenvalue weighted by Gasteiger charge is -2.33. The van der Waals surface area contributed by atoms with Crippen molar-refractivity contribution in [3.05, 3.63) is 42.5 Å². The number of sulfonamides is 1. The van der Waals surface area contributed by atoms with E-state index < -0.39 is 16.1 Å². The molecule has 1 N–H and O–H groups in total. The second kappa shape index (κ2) is 5.45. The number of rotatable bonds is 3. The number of benzene rings is 1. The van der Waals surface area contributed by atoms with Gasteiger partial charge in [0.05, 0.1) is 11.0 Å². The largest absolute Gasteiger partial charge is 0.392 e. The molecule has 1 aliphatic heterocycles. The Morgan fingerprint density at radius 1 is 1.37 bits per heavy atom. The highest BCUT2D eigenvalue weighted by molar-refractivity contribution is 7.89. The molecule has 5 heteroatoms. The zero-order valence-electron chi connectivity index (χ0n) is 11.0. The number of piperidine rings is 1. The quantitative estimate of drug-likeness (QED) is 0.855. The third kappa shape index (κ3) is 2.88. The van der Waals surface area contributed by atoms with Gasteiger partial charge in [0.15, 0.2) is 0 Å². The minimum absolute atomic E-state index is 0.200. The Balaban J connectivity index is 2.25. The van der Waals surface area contributed by atoms with Crippen LogP contribution in [0.15, 0.2) is 41.8 Å². The van der Waals surface area contributed by atoms with Crippen molar-refractivity contribution in [1.82, 2.24) is 4.31 Å². The van der Waals surface area contributed by atoms with Crippen LogP contribution in [-0.2, 0) is 10.0 Å². The minimum Gasteiger partial charge on any atom is -0.392 e. The Labute approximate surface area is 114 Å². The molecule has 2 rings (SSSR count). The predicted molar refractivity (Wildman–Crippen MR) is 74.2 cm³/mol. The molecule has 1 fully saturated rings. The molecule has 0 aromatic heterocycles. The smallest absolute Gasteiger partial charge is 0.243 e. The maximum atomic E-state index is 12.5. The molecule has 1 saturated heterocycles. The van der Waals surface area contributed by atoms with Crippen molar-refractivity contribution < 1.29 is 13.5 Å². The van der Waals surface area contributed by atoms with Crippen molar-refractivity contribution in [2.75, 3.05) is 13.1 Å². The van der Waals surface area contributed by atoms with E-state index in [9.17, 15) is 13.5 Å². The fourth-order valence-corrected chi connectivity index (χ4v) is 3.74. The molecule has 0 radical (unpaired) electrons. The first-order valence-electron chi connectivity index (χ1n) is 6.32. The van der Waals surface area contributed by atoms with Gasteiger partial charge >= 0.3 is 0 Å². The first-order chi connectivity index (χ1) is 8.95. The van der Waals surface area contributed by atoms with Gasteiger partial charge in [0.2, 0.25) is 10.0 Å². The maximum absolute atomic E-state index is 12.5. The zero-order chi connectivity index (χ0) is 14.0. The topological polar surface area (TPSA) is 57.6 Å². The number of aliphatic hydroxyl groups is 1. The van der Waals surface area contributed by atoms with Crippen LogP contribution in [0.1, 0.15) is 12.0 Å². The normalized spacial score (nSPS) is 25.2. The summed E-state index contributed by atoms with van der Waals surface area (Å²) < 4.78 is 26.4. The van der Waals surface area contributed by atoms with Gasteiger partial charge in [0.1, 0.15) is 0 Å². The molecule has 0 aliphatic carbocycles. The Morgan fingerprint density at radius 2 is 2.00 bits per heavy atom. The molecule has 2 atom stereocenters. The molecule has 19 heavy (non-hydrogen) atoms. The highest BCUT2D eigenvalue weighted by atomic mass is 32.2. The molecule has 1 aliphatic rings. The Kier molecular flexibility index (Phi) is 4.08. The van der Waals surface area contributed by atoms with Crippen molar-refractivity contribution in [1.29, 1.82) is 0 Å². The van der Waals surface area contributed by atoms with E-state index in [-0.39, 0.29) is 5.92 Å². The number of hydrogen-bond donors (Lipinski definition) is 1. The molecule has 1 heterocycles. The monoisotopic (exact) mass is 281 g/mol. The SMILES string of the molecule is C=C[C@@H]1CN(S(=O)(=O)c2ccc(C)cc2)CC[C@@H]1O. The molecule has 4 nitrogen and oxygen atoms in total. The highest BCUT2D eigenvalue weighted by Gasteiger charge is 2.33. The van der Waals surface area contributed by atoms with Crippen molar-refractivity contribution in [2.45, 2.75) is 24.3 Å². The average molecular weight is 281 g/mol. The van der Waals surface area contributed by atoms with E-state index in [2.05, 4.69) is 6.58 Å². The van der Waals surface area contributed by atoms with Crippen LogP contribution in [0.3, 0.4) is 0 Å². The fraction of sp³-hybridized carbons (Fsp3) is 0.429. The third-order valence-corrected chi connectivity index (χ3v) is 5.42. The van der Waals surface area contributed by atoms with Crippen LogP contribution in [0.25, 0.3) is 0 Å². The van der Waals surface area contributed by atoms with Crippen LogP contribution < -0.4 is 0 Å². The number of aryl methyl sites for hydroxylation is 1. The Morgan fingerprint density at radius 3 is 2.58 bits per heavy atom. The lowest BCUT2D eigenvalue weighted by atomic mass is 9.97. The summed E-state index contributed by atoms with van der Waals surface area (Å²) in [5.74, 6) is -0.200. The molecule has 0 saturated carbocycles. The summed E-state index contributed by atoms with van der Waals surface area (Å²) in [6.07, 6.45) is 1.57. The van der Waals surface area contributed by atoms with Gasteiger partial charge in [-0.2, -0.15) is 4.31 Å². The van der Waals surface area contributed by atoms with Crippen molar-refractivity contribution in [2.24, 2.45) is 5.92 Å². The first-order valence-corrected chi connectivity index (χ1v) is 7.76. The molecule has 0 bridgehead atoms. The van der Waals surface area contributed by atoms with Crippen LogP contribution in [0.2, 0.25) is 0 Å². The molecule has 0 spiro atoms. The molecular weight excluding hydrogens is 262 g/mol. The summed E-state index contributed by atoms with van der Waals surface area (Å²) in [4.78, 5) is 0.303. The highest BCUT2D eigenvalue weighted by Crippen LogP contribution is 2.24. The number of hydrogen-bond acceptors (Lipinski definition) is 3. The molecule has 1 aromatic carbocycles. The summed E-state index contributed by atoms with van der Waals surface area (Å²) in [6.45, 7) is 6.21. The summed E-state index contributed by atoms with van der Waals surface area (Å²) in [6, 6.07) is 6.82. The number of nitrogens with zero attached hydrogens (tertiary/aromatic N) is 1. The molecule has 0 amide bonds. The van der Waals surface area contributed by atoms with Crippen LogP contribution in [0.5, 0.6) is 0 Å². The van der Waals surface area contributed by atoms with Crippen LogP contribution in [0.4, 0.5) is 0 Å². The van der Waals surface area contributed by atoms with E-state index in [1.807, 2.05) is 6.92 Å². The molecule has 1 aromatic rings. The molecule has 0 unspecified atom stereocenters. The van der Waals surface area contributed by atoms with Gasteiger partial charge < -0.3 is 5.11 Å². The summed E-state index contributed by atoms with van der Waals surface area (Å²) in [5, 5.41) is 9.77. The van der Waals surface area contributed by atoms with Crippen LogP contribution in [-0.4, -0.2) is 37.0 Å². The van der Waals surface area contributed by atoms with E-state index in [1.165, 1.54) is 4.31 Å². The van der Waals surface area contributed by atoms with Gasteiger partial charge in [-0.25, -0.2) is 8.42 Å². The van der Waals surface area contributed by atoms with Crippen LogP contribution >= 0.6 is 0 Å². The third-order valence-electron chi connectivity index (χ3n) is 3.54. The van der Waals surface area contributed by atoms with Crippen molar-refractivity contribution >= 4 is 10.0 Å². The molecular formula is C14H19NO3S. The van der Waals surface area contributed by atoms with Crippen LogP contribution in [0, 0.1) is 12.8 Å². The second-order valence-corrected chi connectivity index (χ2v) is 6.87. The second-order valence-electron chi connectivity index (χ2n) is 4.93. The minimum atomic E-state index is -3.47. The van der Waals surface area contributed by atoms with Gasteiger partial charge in [0.25, 0.3) is 0 Å². The average Bonchev–Trinajstić information content (AvgIpc) is 2.39. The van der Waals surface area contributed by atoms with Crippen molar-refractivity contribution in [3.63, 3.8) is 0 Å². The van der Waals surface area contributed by atoms with Gasteiger partial charge in [-0.15, -0.1) is 6.58 Å². The standard InChI is InChI=1S/C14H19NO3S/c1-3-12-10-15(9-8-14(12)16)19(17,18)13-6-4-11(2)5-7-13/h3-7,12,14,16H,1,8-10H2,2H3/t12-,14+/m1/s1. The fourth-order valence-electron chi connectivity index (χ4n) is 2.25. The van der Waals surface area contributed by atoms with Gasteiger partial charge in [-0.05, 0) is 25.5 Å². The lowest BCUT2D eigenvalue weighted by molar-refractivity contribution is 0.0760.